The molecule has 1 aromatic carbocycles. The molecule has 2 heterocycles. The second kappa shape index (κ2) is 9.38. The number of aromatic hydroxyl groups is 1. The molecule has 2 amide bonds. The van der Waals surface area contributed by atoms with Crippen LogP contribution in [-0.2, 0) is 19.1 Å². The number of carbonyl (C=O) groups excluding carboxylic acids is 2. The third-order valence-electron chi connectivity index (χ3n) is 7.07. The molecule has 0 radical (unpaired) electrons. The number of methoxy groups -OCH3 is 1. The second-order valence-corrected chi connectivity index (χ2v) is 9.30. The summed E-state index contributed by atoms with van der Waals surface area (Å²) in [6, 6.07) is 4.99. The maximum atomic E-state index is 12.8. The fourth-order valence-corrected chi connectivity index (χ4v) is 5.69. The first kappa shape index (κ1) is 23.0. The van der Waals surface area contributed by atoms with Crippen molar-refractivity contribution in [3.63, 3.8) is 0 Å². The highest BCUT2D eigenvalue weighted by molar-refractivity contribution is 6.32. The number of rotatable bonds is 7. The summed E-state index contributed by atoms with van der Waals surface area (Å²) >= 11 is 6.28. The van der Waals surface area contributed by atoms with E-state index in [0.717, 1.165) is 30.4 Å². The molecular weight excluding hydrogens is 430 g/mol. The van der Waals surface area contributed by atoms with Crippen molar-refractivity contribution in [2.45, 2.75) is 38.7 Å². The number of benzene rings is 1. The Hall–Kier alpha value is -2.15. The lowest BCUT2D eigenvalue weighted by molar-refractivity contribution is -0.138. The van der Waals surface area contributed by atoms with Gasteiger partial charge in [-0.05, 0) is 60.6 Å². The fraction of sp³-hybridized carbons (Fsp3) is 0.520. The van der Waals surface area contributed by atoms with Crippen molar-refractivity contribution in [2.75, 3.05) is 27.4 Å². The maximum absolute atomic E-state index is 12.8. The number of imide groups is 1. The molecule has 4 rings (SSSR count). The van der Waals surface area contributed by atoms with Crippen LogP contribution in [0.3, 0.4) is 0 Å². The summed E-state index contributed by atoms with van der Waals surface area (Å²) in [6.07, 6.45) is 5.06. The van der Waals surface area contributed by atoms with Crippen molar-refractivity contribution >= 4 is 29.5 Å². The van der Waals surface area contributed by atoms with Crippen LogP contribution in [0.1, 0.15) is 38.2 Å². The minimum atomic E-state index is -0.315. The van der Waals surface area contributed by atoms with E-state index in [2.05, 4.69) is 13.0 Å². The fourth-order valence-electron chi connectivity index (χ4n) is 5.46. The quantitative estimate of drug-likeness (QED) is 0.488. The standard InChI is InChI=1S/C25H30ClNO5/c1-4-14(9-15-6-7-17(28)11-20(15)26)5-8-21-22-16(12-31-3)10-18-23(19(22)13-32-21)25(30)27(2)24(18)29/h6-7,9,11,18-19,21,23,28H,4-5,8,10,12-13H2,1-3H3/b14-9+/t18-,19+,21-,23-/m1/s1. The van der Waals surface area contributed by atoms with Gasteiger partial charge in [0.1, 0.15) is 5.75 Å². The first-order chi connectivity index (χ1) is 15.3. The molecule has 0 spiro atoms. The number of hydrogen-bond donors (Lipinski definition) is 1. The molecule has 2 fully saturated rings. The number of amides is 2. The van der Waals surface area contributed by atoms with Crippen molar-refractivity contribution in [2.24, 2.45) is 17.8 Å². The summed E-state index contributed by atoms with van der Waals surface area (Å²) in [4.78, 5) is 26.7. The lowest BCUT2D eigenvalue weighted by atomic mass is 9.69. The average Bonchev–Trinajstić information content (AvgIpc) is 3.28. The Kier molecular flexibility index (Phi) is 6.75. The number of carbonyl (C=O) groups is 2. The van der Waals surface area contributed by atoms with Crippen molar-refractivity contribution < 1.29 is 24.2 Å². The molecule has 0 aromatic heterocycles. The van der Waals surface area contributed by atoms with E-state index in [0.29, 0.717) is 24.7 Å². The molecule has 0 bridgehead atoms. The number of likely N-dealkylation sites (tertiary alicyclic amines) is 1. The summed E-state index contributed by atoms with van der Waals surface area (Å²) in [5, 5.41) is 10.1. The minimum Gasteiger partial charge on any atom is -0.508 e. The number of phenolic OH excluding ortho intramolecular Hbond substituents is 1. The molecule has 172 valence electrons. The molecular formula is C25H30ClNO5. The smallest absolute Gasteiger partial charge is 0.233 e. The van der Waals surface area contributed by atoms with Gasteiger partial charge in [-0.2, -0.15) is 0 Å². The normalized spacial score (nSPS) is 27.9. The minimum absolute atomic E-state index is 0.0501. The molecule has 3 aliphatic rings. The summed E-state index contributed by atoms with van der Waals surface area (Å²) in [5.41, 5.74) is 4.40. The van der Waals surface area contributed by atoms with E-state index in [4.69, 9.17) is 21.1 Å². The van der Waals surface area contributed by atoms with Crippen molar-refractivity contribution in [3.05, 3.63) is 45.5 Å². The van der Waals surface area contributed by atoms with Gasteiger partial charge < -0.3 is 14.6 Å². The van der Waals surface area contributed by atoms with E-state index in [-0.39, 0.29) is 41.4 Å². The van der Waals surface area contributed by atoms with Crippen LogP contribution in [0.5, 0.6) is 5.75 Å². The molecule has 2 aliphatic heterocycles. The van der Waals surface area contributed by atoms with Crippen molar-refractivity contribution in [3.8, 4) is 5.75 Å². The number of allylic oxidation sites excluding steroid dienone is 1. The van der Waals surface area contributed by atoms with Gasteiger partial charge in [0.05, 0.1) is 36.2 Å². The SMILES string of the molecule is CC/C(=C\c1ccc(O)cc1Cl)CC[C@H]1OC[C@H]2C1=C(COC)C[C@H]1C(=O)N(C)C(=O)[C@H]12. The van der Waals surface area contributed by atoms with Gasteiger partial charge in [-0.1, -0.05) is 30.2 Å². The van der Waals surface area contributed by atoms with Gasteiger partial charge in [0.2, 0.25) is 11.8 Å². The van der Waals surface area contributed by atoms with E-state index in [9.17, 15) is 14.7 Å². The molecule has 1 aliphatic carbocycles. The van der Waals surface area contributed by atoms with Crippen LogP contribution in [0, 0.1) is 17.8 Å². The van der Waals surface area contributed by atoms with Gasteiger partial charge in [0, 0.05) is 20.1 Å². The lowest BCUT2D eigenvalue weighted by Gasteiger charge is -2.31. The molecule has 7 heteroatoms. The van der Waals surface area contributed by atoms with E-state index in [1.54, 1.807) is 26.3 Å². The molecule has 4 atom stereocenters. The predicted molar refractivity (Wildman–Crippen MR) is 122 cm³/mol. The third-order valence-corrected chi connectivity index (χ3v) is 7.40. The lowest BCUT2D eigenvalue weighted by Crippen LogP contribution is -2.34. The van der Waals surface area contributed by atoms with Gasteiger partial charge in [-0.15, -0.1) is 0 Å². The molecule has 6 nitrogen and oxygen atoms in total. The molecule has 2 saturated heterocycles. The van der Waals surface area contributed by atoms with Crippen LogP contribution in [-0.4, -0.2) is 55.3 Å². The largest absolute Gasteiger partial charge is 0.508 e. The van der Waals surface area contributed by atoms with Crippen LogP contribution in [0.25, 0.3) is 6.08 Å². The topological polar surface area (TPSA) is 76.1 Å². The first-order valence-corrected chi connectivity index (χ1v) is 11.5. The average molecular weight is 460 g/mol. The van der Waals surface area contributed by atoms with Crippen LogP contribution >= 0.6 is 11.6 Å². The van der Waals surface area contributed by atoms with Crippen molar-refractivity contribution in [1.82, 2.24) is 4.90 Å². The Morgan fingerprint density at radius 3 is 2.78 bits per heavy atom. The Morgan fingerprint density at radius 2 is 2.09 bits per heavy atom. The van der Waals surface area contributed by atoms with Crippen LogP contribution in [0.2, 0.25) is 5.02 Å². The van der Waals surface area contributed by atoms with Crippen molar-refractivity contribution in [1.29, 1.82) is 0 Å². The monoisotopic (exact) mass is 459 g/mol. The van der Waals surface area contributed by atoms with Gasteiger partial charge in [-0.25, -0.2) is 0 Å². The zero-order valence-electron chi connectivity index (χ0n) is 18.8. The highest BCUT2D eigenvalue weighted by atomic mass is 35.5. The number of fused-ring (bicyclic) bond motifs is 3. The van der Waals surface area contributed by atoms with E-state index >= 15 is 0 Å². The maximum Gasteiger partial charge on any atom is 0.233 e. The van der Waals surface area contributed by atoms with E-state index < -0.39 is 0 Å². The third kappa shape index (κ3) is 4.12. The Bertz CT molecular complexity index is 985. The second-order valence-electron chi connectivity index (χ2n) is 8.89. The number of phenols is 1. The first-order valence-electron chi connectivity index (χ1n) is 11.2. The van der Waals surface area contributed by atoms with E-state index in [1.807, 2.05) is 6.07 Å². The molecule has 0 saturated carbocycles. The molecule has 32 heavy (non-hydrogen) atoms. The Morgan fingerprint density at radius 1 is 1.31 bits per heavy atom. The summed E-state index contributed by atoms with van der Waals surface area (Å²) in [5.74, 6) is -0.681. The van der Waals surface area contributed by atoms with Crippen LogP contribution < -0.4 is 0 Å². The summed E-state index contributed by atoms with van der Waals surface area (Å²) in [6.45, 7) is 3.04. The van der Waals surface area contributed by atoms with E-state index in [1.165, 1.54) is 16.0 Å². The molecule has 0 unspecified atom stereocenters. The summed E-state index contributed by atoms with van der Waals surface area (Å²) in [7, 11) is 3.24. The highest BCUT2D eigenvalue weighted by Crippen LogP contribution is 2.49. The highest BCUT2D eigenvalue weighted by Gasteiger charge is 2.55. The zero-order valence-corrected chi connectivity index (χ0v) is 19.5. The summed E-state index contributed by atoms with van der Waals surface area (Å²) < 4.78 is 11.7. The van der Waals surface area contributed by atoms with Gasteiger partial charge in [0.25, 0.3) is 0 Å². The Labute approximate surface area is 193 Å². The number of nitrogens with zero attached hydrogens (tertiary/aromatic N) is 1. The van der Waals surface area contributed by atoms with Gasteiger partial charge in [0.15, 0.2) is 0 Å². The van der Waals surface area contributed by atoms with Gasteiger partial charge >= 0.3 is 0 Å². The predicted octanol–water partition coefficient (Wildman–Crippen LogP) is 4.21. The number of ether oxygens (including phenoxy) is 2. The zero-order chi connectivity index (χ0) is 23.0. The van der Waals surface area contributed by atoms with Crippen LogP contribution in [0.15, 0.2) is 34.9 Å². The molecule has 1 N–H and O–H groups in total. The Balaban J connectivity index is 1.55. The van der Waals surface area contributed by atoms with Gasteiger partial charge in [-0.3, -0.25) is 14.5 Å². The molecule has 1 aromatic rings. The van der Waals surface area contributed by atoms with Crippen LogP contribution in [0.4, 0.5) is 0 Å². The number of halogens is 1. The number of hydrogen-bond acceptors (Lipinski definition) is 5.